The van der Waals surface area contributed by atoms with E-state index in [0.29, 0.717) is 30.7 Å². The van der Waals surface area contributed by atoms with Gasteiger partial charge in [-0.25, -0.2) is 4.39 Å². The zero-order chi connectivity index (χ0) is 15.1. The molecule has 0 fully saturated rings. The topological polar surface area (TPSA) is 51.5 Å². The Morgan fingerprint density at radius 3 is 2.95 bits per heavy atom. The number of amides is 1. The van der Waals surface area contributed by atoms with Crippen molar-refractivity contribution in [2.24, 2.45) is 0 Å². The number of ether oxygens (including phenoxy) is 1. The predicted octanol–water partition coefficient (Wildman–Crippen LogP) is 3.52. The van der Waals surface area contributed by atoms with Crippen LogP contribution in [0.25, 0.3) is 0 Å². The third-order valence-corrected chi connectivity index (χ3v) is 3.24. The van der Waals surface area contributed by atoms with E-state index in [-0.39, 0.29) is 5.56 Å². The summed E-state index contributed by atoms with van der Waals surface area (Å²) in [5.74, 6) is -0.210. The lowest BCUT2D eigenvalue weighted by Gasteiger charge is -2.06. The molecule has 0 unspecified atom stereocenters. The fourth-order valence-electron chi connectivity index (χ4n) is 1.71. The van der Waals surface area contributed by atoms with Crippen LogP contribution in [-0.2, 0) is 11.3 Å². The fraction of sp³-hybridized carbons (Fsp3) is 0.267. The third kappa shape index (κ3) is 4.99. The number of rotatable bonds is 7. The first-order valence-corrected chi connectivity index (χ1v) is 7.29. The van der Waals surface area contributed by atoms with Gasteiger partial charge in [0, 0.05) is 17.6 Å². The van der Waals surface area contributed by atoms with Crippen molar-refractivity contribution in [2.45, 2.75) is 13.0 Å². The van der Waals surface area contributed by atoms with Crippen molar-refractivity contribution in [3.8, 4) is 0 Å². The predicted molar refractivity (Wildman–Crippen MR) is 79.4 cm³/mol. The van der Waals surface area contributed by atoms with E-state index in [4.69, 9.17) is 9.15 Å². The number of carbonyl (C=O) groups is 1. The molecular weight excluding hydrogens is 341 g/mol. The molecule has 6 heteroatoms. The Morgan fingerprint density at radius 1 is 1.38 bits per heavy atom. The van der Waals surface area contributed by atoms with E-state index in [1.54, 1.807) is 18.4 Å². The SMILES string of the molecule is O=C(NCCCOCc1ccco1)c1ccc(Br)cc1F. The first-order chi connectivity index (χ1) is 10.2. The molecule has 0 saturated carbocycles. The van der Waals surface area contributed by atoms with Gasteiger partial charge in [0.15, 0.2) is 0 Å². The molecule has 0 bridgehead atoms. The first kappa shape index (κ1) is 15.7. The summed E-state index contributed by atoms with van der Waals surface area (Å²) in [6, 6.07) is 7.97. The lowest BCUT2D eigenvalue weighted by molar-refractivity contribution is 0.0914. The van der Waals surface area contributed by atoms with Crippen molar-refractivity contribution < 1.29 is 18.3 Å². The highest BCUT2D eigenvalue weighted by Gasteiger charge is 2.10. The summed E-state index contributed by atoms with van der Waals surface area (Å²) >= 11 is 3.15. The summed E-state index contributed by atoms with van der Waals surface area (Å²) in [6.07, 6.45) is 2.23. The molecule has 1 amide bonds. The van der Waals surface area contributed by atoms with Gasteiger partial charge < -0.3 is 14.5 Å². The number of halogens is 2. The van der Waals surface area contributed by atoms with Crippen LogP contribution in [0.2, 0.25) is 0 Å². The van der Waals surface area contributed by atoms with E-state index in [0.717, 1.165) is 5.76 Å². The van der Waals surface area contributed by atoms with Gasteiger partial charge in [-0.05, 0) is 36.8 Å². The van der Waals surface area contributed by atoms with Crippen LogP contribution in [0.15, 0.2) is 45.5 Å². The van der Waals surface area contributed by atoms with Crippen molar-refractivity contribution in [3.05, 3.63) is 58.2 Å². The average molecular weight is 356 g/mol. The maximum atomic E-state index is 13.6. The van der Waals surface area contributed by atoms with E-state index in [1.807, 2.05) is 6.07 Å². The molecule has 112 valence electrons. The van der Waals surface area contributed by atoms with Gasteiger partial charge in [0.05, 0.1) is 11.8 Å². The number of nitrogens with one attached hydrogen (secondary N) is 1. The van der Waals surface area contributed by atoms with Gasteiger partial charge in [-0.2, -0.15) is 0 Å². The van der Waals surface area contributed by atoms with Crippen LogP contribution in [0.4, 0.5) is 4.39 Å². The Hall–Kier alpha value is -1.66. The maximum absolute atomic E-state index is 13.6. The van der Waals surface area contributed by atoms with E-state index in [2.05, 4.69) is 21.2 Å². The Morgan fingerprint density at radius 2 is 2.24 bits per heavy atom. The molecule has 21 heavy (non-hydrogen) atoms. The minimum absolute atomic E-state index is 0.0368. The van der Waals surface area contributed by atoms with Crippen molar-refractivity contribution in [3.63, 3.8) is 0 Å². The molecule has 2 aromatic rings. The van der Waals surface area contributed by atoms with Crippen molar-refractivity contribution in [2.75, 3.05) is 13.2 Å². The van der Waals surface area contributed by atoms with E-state index in [1.165, 1.54) is 12.1 Å². The molecule has 0 saturated heterocycles. The Kier molecular flexibility index (Phi) is 5.95. The number of benzene rings is 1. The van der Waals surface area contributed by atoms with E-state index in [9.17, 15) is 9.18 Å². The van der Waals surface area contributed by atoms with Crippen LogP contribution in [0.5, 0.6) is 0 Å². The van der Waals surface area contributed by atoms with Gasteiger partial charge in [0.1, 0.15) is 18.2 Å². The second-order valence-corrected chi connectivity index (χ2v) is 5.28. The van der Waals surface area contributed by atoms with Crippen molar-refractivity contribution in [1.29, 1.82) is 0 Å². The summed E-state index contributed by atoms with van der Waals surface area (Å²) < 4.78 is 24.7. The molecule has 0 atom stereocenters. The van der Waals surface area contributed by atoms with Crippen LogP contribution in [0.3, 0.4) is 0 Å². The number of hydrogen-bond donors (Lipinski definition) is 1. The quantitative estimate of drug-likeness (QED) is 0.773. The van der Waals surface area contributed by atoms with E-state index < -0.39 is 11.7 Å². The molecule has 1 aromatic carbocycles. The zero-order valence-electron chi connectivity index (χ0n) is 11.3. The second-order valence-electron chi connectivity index (χ2n) is 4.37. The summed E-state index contributed by atoms with van der Waals surface area (Å²) in [5, 5.41) is 2.66. The molecule has 0 aliphatic heterocycles. The van der Waals surface area contributed by atoms with Gasteiger partial charge in [0.25, 0.3) is 5.91 Å². The van der Waals surface area contributed by atoms with Crippen LogP contribution in [0.1, 0.15) is 22.5 Å². The Bertz CT molecular complexity index is 587. The second kappa shape index (κ2) is 7.95. The summed E-state index contributed by atoms with van der Waals surface area (Å²) in [4.78, 5) is 11.8. The molecular formula is C15H15BrFNO3. The van der Waals surface area contributed by atoms with Crippen LogP contribution in [-0.4, -0.2) is 19.1 Å². The highest BCUT2D eigenvalue weighted by molar-refractivity contribution is 9.10. The standard InChI is InChI=1S/C15H15BrFNO3/c16-11-4-5-13(14(17)9-11)15(19)18-6-2-7-20-10-12-3-1-8-21-12/h1,3-5,8-9H,2,6-7,10H2,(H,18,19). The normalized spacial score (nSPS) is 10.6. The van der Waals surface area contributed by atoms with Gasteiger partial charge in [-0.15, -0.1) is 0 Å². The third-order valence-electron chi connectivity index (χ3n) is 2.75. The molecule has 0 aliphatic rings. The molecule has 4 nitrogen and oxygen atoms in total. The average Bonchev–Trinajstić information content (AvgIpc) is 2.95. The highest BCUT2D eigenvalue weighted by Crippen LogP contribution is 2.15. The zero-order valence-corrected chi connectivity index (χ0v) is 12.9. The Labute approximate surface area is 130 Å². The molecule has 1 N–H and O–H groups in total. The molecule has 0 spiro atoms. The monoisotopic (exact) mass is 355 g/mol. The summed E-state index contributed by atoms with van der Waals surface area (Å²) in [7, 11) is 0. The van der Waals surface area contributed by atoms with Crippen molar-refractivity contribution in [1.82, 2.24) is 5.32 Å². The molecule has 1 aromatic heterocycles. The Balaban J connectivity index is 1.65. The first-order valence-electron chi connectivity index (χ1n) is 6.50. The molecule has 1 heterocycles. The number of carbonyl (C=O) groups excluding carboxylic acids is 1. The van der Waals surface area contributed by atoms with Crippen molar-refractivity contribution >= 4 is 21.8 Å². The minimum atomic E-state index is -0.545. The number of hydrogen-bond acceptors (Lipinski definition) is 3. The van der Waals surface area contributed by atoms with E-state index >= 15 is 0 Å². The van der Waals surface area contributed by atoms with Gasteiger partial charge in [-0.1, -0.05) is 15.9 Å². The maximum Gasteiger partial charge on any atom is 0.254 e. The van der Waals surface area contributed by atoms with Gasteiger partial charge in [0.2, 0.25) is 0 Å². The number of furan rings is 1. The molecule has 2 rings (SSSR count). The van der Waals surface area contributed by atoms with Gasteiger partial charge in [-0.3, -0.25) is 4.79 Å². The lowest BCUT2D eigenvalue weighted by Crippen LogP contribution is -2.26. The van der Waals surface area contributed by atoms with Gasteiger partial charge >= 0.3 is 0 Å². The summed E-state index contributed by atoms with van der Waals surface area (Å²) in [5.41, 5.74) is 0.0368. The molecule has 0 aliphatic carbocycles. The molecule has 0 radical (unpaired) electrons. The van der Waals surface area contributed by atoms with Crippen LogP contribution < -0.4 is 5.32 Å². The minimum Gasteiger partial charge on any atom is -0.467 e. The summed E-state index contributed by atoms with van der Waals surface area (Å²) in [6.45, 7) is 1.32. The fourth-order valence-corrected chi connectivity index (χ4v) is 2.05. The largest absolute Gasteiger partial charge is 0.467 e. The smallest absolute Gasteiger partial charge is 0.254 e. The van der Waals surface area contributed by atoms with Crippen LogP contribution >= 0.6 is 15.9 Å². The lowest BCUT2D eigenvalue weighted by atomic mass is 10.2. The highest BCUT2D eigenvalue weighted by atomic mass is 79.9. The van der Waals surface area contributed by atoms with Crippen LogP contribution in [0, 0.1) is 5.82 Å².